The maximum absolute atomic E-state index is 11.2. The van der Waals surface area contributed by atoms with Crippen molar-refractivity contribution in [2.45, 2.75) is 4.90 Å². The summed E-state index contributed by atoms with van der Waals surface area (Å²) in [5.74, 6) is 0.828. The summed E-state index contributed by atoms with van der Waals surface area (Å²) < 4.78 is 11.2. The Hall–Kier alpha value is -1.69. The van der Waals surface area contributed by atoms with Crippen LogP contribution in [0.4, 0.5) is 5.95 Å². The molecule has 5 nitrogen and oxygen atoms in total. The summed E-state index contributed by atoms with van der Waals surface area (Å²) in [5, 5.41) is 6.44. The zero-order valence-electron chi connectivity index (χ0n) is 8.10. The highest BCUT2D eigenvalue weighted by Crippen LogP contribution is 2.16. The minimum atomic E-state index is -0.959. The van der Waals surface area contributed by atoms with Crippen molar-refractivity contribution >= 4 is 16.7 Å². The third-order valence-corrected chi connectivity index (χ3v) is 2.90. The molecule has 78 valence electrons. The number of nitrogens with two attached hydrogens (primary N) is 1. The molecule has 0 fully saturated rings. The quantitative estimate of drug-likeness (QED) is 0.786. The van der Waals surface area contributed by atoms with E-state index in [4.69, 9.17) is 5.73 Å². The SMILES string of the molecule is CS(=O)c1ccc(-c2nc(N)n[nH]2)cc1. The predicted molar refractivity (Wildman–Crippen MR) is 58.6 cm³/mol. The number of H-pyrrole nitrogens is 1. The van der Waals surface area contributed by atoms with Gasteiger partial charge in [0.2, 0.25) is 5.95 Å². The highest BCUT2D eigenvalue weighted by atomic mass is 32.2. The molecular weight excluding hydrogens is 212 g/mol. The van der Waals surface area contributed by atoms with Gasteiger partial charge in [0.25, 0.3) is 0 Å². The summed E-state index contributed by atoms with van der Waals surface area (Å²) in [6.45, 7) is 0. The Morgan fingerprint density at radius 1 is 1.33 bits per heavy atom. The minimum absolute atomic E-state index is 0.216. The van der Waals surface area contributed by atoms with E-state index in [0.717, 1.165) is 10.5 Å². The maximum atomic E-state index is 11.2. The molecule has 6 heteroatoms. The van der Waals surface area contributed by atoms with Crippen molar-refractivity contribution in [1.82, 2.24) is 15.2 Å². The predicted octanol–water partition coefficient (Wildman–Crippen LogP) is 0.791. The smallest absolute Gasteiger partial charge is 0.239 e. The normalized spacial score (nSPS) is 12.6. The highest BCUT2D eigenvalue weighted by molar-refractivity contribution is 7.84. The highest BCUT2D eigenvalue weighted by Gasteiger charge is 2.03. The fourth-order valence-corrected chi connectivity index (χ4v) is 1.73. The van der Waals surface area contributed by atoms with Gasteiger partial charge in [-0.3, -0.25) is 9.31 Å². The first-order valence-electron chi connectivity index (χ1n) is 4.28. The van der Waals surface area contributed by atoms with Crippen molar-refractivity contribution in [1.29, 1.82) is 0 Å². The maximum Gasteiger partial charge on any atom is 0.239 e. The first kappa shape index (κ1) is 9.85. The fourth-order valence-electron chi connectivity index (χ4n) is 1.21. The van der Waals surface area contributed by atoms with E-state index in [-0.39, 0.29) is 5.95 Å². The van der Waals surface area contributed by atoms with Crippen LogP contribution >= 0.6 is 0 Å². The lowest BCUT2D eigenvalue weighted by molar-refractivity contribution is 0.687. The largest absolute Gasteiger partial charge is 0.366 e. The number of nitrogen functional groups attached to an aromatic ring is 1. The van der Waals surface area contributed by atoms with Crippen LogP contribution in [0.1, 0.15) is 0 Å². The Kier molecular flexibility index (Phi) is 2.51. The van der Waals surface area contributed by atoms with Crippen molar-refractivity contribution < 1.29 is 4.21 Å². The number of nitrogens with one attached hydrogen (secondary N) is 1. The van der Waals surface area contributed by atoms with Crippen LogP contribution in [0.3, 0.4) is 0 Å². The Morgan fingerprint density at radius 2 is 2.00 bits per heavy atom. The van der Waals surface area contributed by atoms with Crippen LogP contribution in [0.5, 0.6) is 0 Å². The van der Waals surface area contributed by atoms with Gasteiger partial charge in [-0.05, 0) is 12.1 Å². The van der Waals surface area contributed by atoms with Crippen molar-refractivity contribution in [3.8, 4) is 11.4 Å². The molecule has 1 atom stereocenters. The fraction of sp³-hybridized carbons (Fsp3) is 0.111. The molecule has 0 aliphatic rings. The monoisotopic (exact) mass is 222 g/mol. The molecule has 0 radical (unpaired) electrons. The van der Waals surface area contributed by atoms with Gasteiger partial charge in [-0.1, -0.05) is 12.1 Å². The molecular formula is C9H10N4OS. The lowest BCUT2D eigenvalue weighted by Gasteiger charge is -1.98. The van der Waals surface area contributed by atoms with E-state index in [9.17, 15) is 4.21 Å². The van der Waals surface area contributed by atoms with Gasteiger partial charge in [0.05, 0.1) is 0 Å². The number of aromatic amines is 1. The van der Waals surface area contributed by atoms with E-state index >= 15 is 0 Å². The summed E-state index contributed by atoms with van der Waals surface area (Å²) in [6.07, 6.45) is 1.64. The zero-order chi connectivity index (χ0) is 10.8. The molecule has 2 rings (SSSR count). The Bertz CT molecular complexity index is 491. The van der Waals surface area contributed by atoms with Gasteiger partial charge in [0.1, 0.15) is 0 Å². The van der Waals surface area contributed by atoms with Crippen LogP contribution < -0.4 is 5.73 Å². The number of hydrogen-bond acceptors (Lipinski definition) is 4. The van der Waals surface area contributed by atoms with Crippen molar-refractivity contribution in [3.05, 3.63) is 24.3 Å². The lowest BCUT2D eigenvalue weighted by Crippen LogP contribution is -1.88. The molecule has 0 spiro atoms. The van der Waals surface area contributed by atoms with E-state index < -0.39 is 10.8 Å². The van der Waals surface area contributed by atoms with Crippen LogP contribution in [-0.2, 0) is 10.8 Å². The second-order valence-electron chi connectivity index (χ2n) is 3.02. The van der Waals surface area contributed by atoms with E-state index in [1.165, 1.54) is 0 Å². The van der Waals surface area contributed by atoms with Crippen molar-refractivity contribution in [2.75, 3.05) is 12.0 Å². The molecule has 1 aromatic carbocycles. The molecule has 0 aliphatic heterocycles. The number of nitrogens with zero attached hydrogens (tertiary/aromatic N) is 2. The van der Waals surface area contributed by atoms with Gasteiger partial charge in [0, 0.05) is 27.5 Å². The average molecular weight is 222 g/mol. The van der Waals surface area contributed by atoms with Gasteiger partial charge in [0.15, 0.2) is 5.82 Å². The molecule has 1 unspecified atom stereocenters. The summed E-state index contributed by atoms with van der Waals surface area (Å²) in [4.78, 5) is 4.77. The van der Waals surface area contributed by atoms with Crippen LogP contribution in [0.15, 0.2) is 29.2 Å². The Balaban J connectivity index is 2.35. The van der Waals surface area contributed by atoms with Crippen LogP contribution in [0, 0.1) is 0 Å². The van der Waals surface area contributed by atoms with Gasteiger partial charge in [-0.25, -0.2) is 0 Å². The number of aromatic nitrogens is 3. The molecule has 0 saturated carbocycles. The number of anilines is 1. The molecule has 1 aromatic heterocycles. The van der Waals surface area contributed by atoms with Crippen molar-refractivity contribution in [2.24, 2.45) is 0 Å². The number of hydrogen-bond donors (Lipinski definition) is 2. The van der Waals surface area contributed by atoms with Crippen molar-refractivity contribution in [3.63, 3.8) is 0 Å². The second-order valence-corrected chi connectivity index (χ2v) is 4.40. The molecule has 0 amide bonds. The molecule has 3 N–H and O–H groups in total. The lowest BCUT2D eigenvalue weighted by atomic mass is 10.2. The first-order valence-corrected chi connectivity index (χ1v) is 5.84. The second kappa shape index (κ2) is 3.82. The van der Waals surface area contributed by atoms with Crippen LogP contribution in [-0.4, -0.2) is 25.6 Å². The van der Waals surface area contributed by atoms with Gasteiger partial charge in [-0.2, -0.15) is 4.98 Å². The molecule has 15 heavy (non-hydrogen) atoms. The Morgan fingerprint density at radius 3 is 2.47 bits per heavy atom. The third-order valence-electron chi connectivity index (χ3n) is 1.96. The van der Waals surface area contributed by atoms with Crippen LogP contribution in [0.25, 0.3) is 11.4 Å². The zero-order valence-corrected chi connectivity index (χ0v) is 8.91. The van der Waals surface area contributed by atoms with Crippen LogP contribution in [0.2, 0.25) is 0 Å². The van der Waals surface area contributed by atoms with Gasteiger partial charge < -0.3 is 5.73 Å². The Labute approximate surface area is 89.2 Å². The standard InChI is InChI=1S/C9H10N4OS/c1-15(14)7-4-2-6(3-5-7)8-11-9(10)13-12-8/h2-5H,1H3,(H3,10,11,12,13). The molecule has 0 bridgehead atoms. The number of benzene rings is 1. The summed E-state index contributed by atoms with van der Waals surface area (Å²) in [7, 11) is -0.959. The van der Waals surface area contributed by atoms with E-state index in [1.807, 2.05) is 12.1 Å². The van der Waals surface area contributed by atoms with E-state index in [1.54, 1.807) is 18.4 Å². The topological polar surface area (TPSA) is 84.7 Å². The number of rotatable bonds is 2. The summed E-state index contributed by atoms with van der Waals surface area (Å²) >= 11 is 0. The summed E-state index contributed by atoms with van der Waals surface area (Å²) in [5.41, 5.74) is 6.26. The molecule has 0 aliphatic carbocycles. The molecule has 2 aromatic rings. The van der Waals surface area contributed by atoms with E-state index in [2.05, 4.69) is 15.2 Å². The summed E-state index contributed by atoms with van der Waals surface area (Å²) in [6, 6.07) is 7.25. The minimum Gasteiger partial charge on any atom is -0.366 e. The first-order chi connectivity index (χ1) is 7.16. The van der Waals surface area contributed by atoms with Gasteiger partial charge >= 0.3 is 0 Å². The molecule has 1 heterocycles. The average Bonchev–Trinajstić information content (AvgIpc) is 2.65. The van der Waals surface area contributed by atoms with E-state index in [0.29, 0.717) is 5.82 Å². The molecule has 0 saturated heterocycles. The van der Waals surface area contributed by atoms with Gasteiger partial charge in [-0.15, -0.1) is 5.10 Å². The third kappa shape index (κ3) is 2.04.